The van der Waals surface area contributed by atoms with Gasteiger partial charge >= 0.3 is 0 Å². The van der Waals surface area contributed by atoms with Gasteiger partial charge in [0.05, 0.1) is 0 Å². The van der Waals surface area contributed by atoms with Crippen LogP contribution in [0.2, 0.25) is 0 Å². The van der Waals surface area contributed by atoms with E-state index in [1.807, 2.05) is 48.5 Å². The second-order valence-corrected chi connectivity index (χ2v) is 8.24. The first kappa shape index (κ1) is 21.0. The topological polar surface area (TPSA) is 136 Å². The standard InChI is InChI=1S/2C14H13N3/c2*15-10-6-12(16)11-8-13(17-14(11)7-10)9-4-2-1-3-5-9/h2*1-8,17H,15-16H2. The maximum Gasteiger partial charge on any atom is 0.0500 e. The van der Waals surface area contributed by atoms with E-state index in [-0.39, 0.29) is 0 Å². The molecule has 6 nitrogen and oxygen atoms in total. The fourth-order valence-electron chi connectivity index (χ4n) is 4.12. The Labute approximate surface area is 197 Å². The molecule has 168 valence electrons. The van der Waals surface area contributed by atoms with Gasteiger partial charge in [0.25, 0.3) is 0 Å². The van der Waals surface area contributed by atoms with Gasteiger partial charge in [0.2, 0.25) is 0 Å². The molecule has 34 heavy (non-hydrogen) atoms. The summed E-state index contributed by atoms with van der Waals surface area (Å²) in [6.45, 7) is 0. The summed E-state index contributed by atoms with van der Waals surface area (Å²) in [5.74, 6) is 0. The Hall–Kier alpha value is -4.84. The monoisotopic (exact) mass is 446 g/mol. The molecule has 0 bridgehead atoms. The molecule has 0 aliphatic rings. The van der Waals surface area contributed by atoms with Crippen LogP contribution in [0.3, 0.4) is 0 Å². The molecule has 0 radical (unpaired) electrons. The van der Waals surface area contributed by atoms with Crippen molar-refractivity contribution in [3.05, 3.63) is 97.1 Å². The smallest absolute Gasteiger partial charge is 0.0500 e. The number of benzene rings is 4. The number of aromatic nitrogens is 2. The number of nitrogen functional groups attached to an aromatic ring is 4. The van der Waals surface area contributed by atoms with Crippen LogP contribution in [0, 0.1) is 0 Å². The van der Waals surface area contributed by atoms with Crippen LogP contribution in [-0.2, 0) is 0 Å². The molecule has 0 aliphatic carbocycles. The zero-order valence-corrected chi connectivity index (χ0v) is 18.5. The maximum absolute atomic E-state index is 5.95. The average molecular weight is 447 g/mol. The highest BCUT2D eigenvalue weighted by Gasteiger charge is 2.07. The van der Waals surface area contributed by atoms with E-state index in [0.29, 0.717) is 22.7 Å². The maximum atomic E-state index is 5.95. The second kappa shape index (κ2) is 8.60. The second-order valence-electron chi connectivity index (χ2n) is 8.24. The SMILES string of the molecule is Nc1cc(N)c2cc(-c3ccccc3)[nH]c2c1.Nc1cc(N)c2cc(-c3ccccc3)[nH]c2c1. The highest BCUT2D eigenvalue weighted by Crippen LogP contribution is 2.30. The molecule has 0 atom stereocenters. The molecule has 0 unspecified atom stereocenters. The van der Waals surface area contributed by atoms with Crippen LogP contribution < -0.4 is 22.9 Å². The number of hydrogen-bond acceptors (Lipinski definition) is 4. The van der Waals surface area contributed by atoms with E-state index in [9.17, 15) is 0 Å². The summed E-state index contributed by atoms with van der Waals surface area (Å²) >= 11 is 0. The number of nitrogens with one attached hydrogen (secondary N) is 2. The first-order chi connectivity index (χ1) is 16.5. The first-order valence-electron chi connectivity index (χ1n) is 10.9. The van der Waals surface area contributed by atoms with Crippen LogP contribution in [0.15, 0.2) is 97.1 Å². The van der Waals surface area contributed by atoms with Crippen molar-refractivity contribution >= 4 is 44.6 Å². The summed E-state index contributed by atoms with van der Waals surface area (Å²) in [6.07, 6.45) is 0. The third kappa shape index (κ3) is 4.12. The third-order valence-corrected chi connectivity index (χ3v) is 5.75. The van der Waals surface area contributed by atoms with E-state index in [0.717, 1.165) is 44.3 Å². The van der Waals surface area contributed by atoms with Crippen molar-refractivity contribution in [1.82, 2.24) is 9.97 Å². The van der Waals surface area contributed by atoms with Crippen molar-refractivity contribution in [1.29, 1.82) is 0 Å². The van der Waals surface area contributed by atoms with Gasteiger partial charge < -0.3 is 32.9 Å². The molecular formula is C28H26N6. The molecule has 6 aromatic rings. The molecule has 6 heteroatoms. The summed E-state index contributed by atoms with van der Waals surface area (Å²) in [4.78, 5) is 6.67. The van der Waals surface area contributed by atoms with Gasteiger partial charge in [-0.05, 0) is 47.5 Å². The molecule has 6 rings (SSSR count). The van der Waals surface area contributed by atoms with Crippen molar-refractivity contribution in [3.8, 4) is 22.5 Å². The summed E-state index contributed by atoms with van der Waals surface area (Å²) in [7, 11) is 0. The highest BCUT2D eigenvalue weighted by atomic mass is 14.7. The molecule has 0 amide bonds. The van der Waals surface area contributed by atoms with Crippen LogP contribution in [0.1, 0.15) is 0 Å². The minimum Gasteiger partial charge on any atom is -0.399 e. The fraction of sp³-hybridized carbons (Fsp3) is 0. The van der Waals surface area contributed by atoms with Crippen LogP contribution >= 0.6 is 0 Å². The molecular weight excluding hydrogens is 420 g/mol. The van der Waals surface area contributed by atoms with Crippen LogP contribution in [0.25, 0.3) is 44.3 Å². The quantitative estimate of drug-likeness (QED) is 0.182. The van der Waals surface area contributed by atoms with Gasteiger partial charge in [-0.25, -0.2) is 0 Å². The molecule has 0 spiro atoms. The van der Waals surface area contributed by atoms with Gasteiger partial charge in [-0.2, -0.15) is 0 Å². The fourth-order valence-corrected chi connectivity index (χ4v) is 4.12. The van der Waals surface area contributed by atoms with Gasteiger partial charge in [0.15, 0.2) is 0 Å². The van der Waals surface area contributed by atoms with Gasteiger partial charge in [-0.15, -0.1) is 0 Å². The zero-order valence-electron chi connectivity index (χ0n) is 18.5. The molecule has 2 aromatic heterocycles. The molecule has 2 heterocycles. The number of nitrogens with two attached hydrogens (primary N) is 4. The van der Waals surface area contributed by atoms with Crippen LogP contribution in [0.4, 0.5) is 22.7 Å². The Morgan fingerprint density at radius 1 is 0.441 bits per heavy atom. The van der Waals surface area contributed by atoms with Crippen molar-refractivity contribution < 1.29 is 0 Å². The molecule has 0 fully saturated rings. The normalized spacial score (nSPS) is 10.8. The molecule has 10 N–H and O–H groups in total. The minimum atomic E-state index is 0.677. The van der Waals surface area contributed by atoms with E-state index < -0.39 is 0 Å². The predicted molar refractivity (Wildman–Crippen MR) is 145 cm³/mol. The molecule has 0 saturated carbocycles. The lowest BCUT2D eigenvalue weighted by Gasteiger charge is -1.97. The summed E-state index contributed by atoms with van der Waals surface area (Å²) in [6, 6.07) is 31.8. The van der Waals surface area contributed by atoms with Crippen molar-refractivity contribution in [3.63, 3.8) is 0 Å². The number of fused-ring (bicyclic) bond motifs is 2. The average Bonchev–Trinajstić information content (AvgIpc) is 3.46. The zero-order chi connectivity index (χ0) is 23.7. The van der Waals surface area contributed by atoms with Crippen molar-refractivity contribution in [2.75, 3.05) is 22.9 Å². The van der Waals surface area contributed by atoms with Crippen molar-refractivity contribution in [2.24, 2.45) is 0 Å². The minimum absolute atomic E-state index is 0.677. The number of H-pyrrole nitrogens is 2. The van der Waals surface area contributed by atoms with E-state index >= 15 is 0 Å². The van der Waals surface area contributed by atoms with Crippen molar-refractivity contribution in [2.45, 2.75) is 0 Å². The molecule has 4 aromatic carbocycles. The summed E-state index contributed by atoms with van der Waals surface area (Å²) < 4.78 is 0. The lowest BCUT2D eigenvalue weighted by Crippen LogP contribution is -1.89. The summed E-state index contributed by atoms with van der Waals surface area (Å²) in [5, 5.41) is 2.02. The first-order valence-corrected chi connectivity index (χ1v) is 10.9. The number of aromatic amines is 2. The van der Waals surface area contributed by atoms with Gasteiger partial charge in [0.1, 0.15) is 0 Å². The van der Waals surface area contributed by atoms with Gasteiger partial charge in [0, 0.05) is 55.9 Å². The van der Waals surface area contributed by atoms with E-state index in [1.54, 1.807) is 12.1 Å². The Bertz CT molecular complexity index is 1460. The Balaban J connectivity index is 0.000000142. The molecule has 0 saturated heterocycles. The lowest BCUT2D eigenvalue weighted by atomic mass is 10.1. The number of anilines is 4. The van der Waals surface area contributed by atoms with Crippen LogP contribution in [0.5, 0.6) is 0 Å². The van der Waals surface area contributed by atoms with Gasteiger partial charge in [-0.1, -0.05) is 60.7 Å². The van der Waals surface area contributed by atoms with E-state index in [1.165, 1.54) is 0 Å². The van der Waals surface area contributed by atoms with Crippen LogP contribution in [-0.4, -0.2) is 9.97 Å². The molecule has 0 aliphatic heterocycles. The number of hydrogen-bond donors (Lipinski definition) is 6. The van der Waals surface area contributed by atoms with E-state index in [4.69, 9.17) is 22.9 Å². The number of rotatable bonds is 2. The predicted octanol–water partition coefficient (Wildman–Crippen LogP) is 6.00. The largest absolute Gasteiger partial charge is 0.399 e. The Morgan fingerprint density at radius 3 is 1.21 bits per heavy atom. The van der Waals surface area contributed by atoms with Gasteiger partial charge in [-0.3, -0.25) is 0 Å². The third-order valence-electron chi connectivity index (χ3n) is 5.75. The summed E-state index contributed by atoms with van der Waals surface area (Å²) in [5.41, 5.74) is 32.5. The Morgan fingerprint density at radius 2 is 0.824 bits per heavy atom. The Kier molecular flexibility index (Phi) is 5.32. The van der Waals surface area contributed by atoms with E-state index in [2.05, 4.69) is 46.4 Å². The highest BCUT2D eigenvalue weighted by molar-refractivity contribution is 5.98. The lowest BCUT2D eigenvalue weighted by molar-refractivity contribution is 1.45.